The molecule has 2 unspecified atom stereocenters. The molecule has 2 atom stereocenters. The highest BCUT2D eigenvalue weighted by Gasteiger charge is 2.47. The first-order valence-corrected chi connectivity index (χ1v) is 9.50. The maximum absolute atomic E-state index is 13.0. The van der Waals surface area contributed by atoms with Gasteiger partial charge < -0.3 is 9.84 Å². The highest BCUT2D eigenvalue weighted by molar-refractivity contribution is 6.12. The molecule has 0 amide bonds. The van der Waals surface area contributed by atoms with E-state index in [-0.39, 0.29) is 16.8 Å². The predicted molar refractivity (Wildman–Crippen MR) is 104 cm³/mol. The topological polar surface area (TPSA) is 76.0 Å². The second-order valence-corrected chi connectivity index (χ2v) is 8.26. The van der Waals surface area contributed by atoms with Crippen molar-refractivity contribution in [2.45, 2.75) is 52.9 Å². The fourth-order valence-electron chi connectivity index (χ4n) is 4.22. The molecule has 1 N–H and O–H groups in total. The van der Waals surface area contributed by atoms with Crippen molar-refractivity contribution in [3.05, 3.63) is 41.1 Å². The molecule has 1 heterocycles. The SMILES string of the molecule is CCCOc1ccc(C2C(C(=O)O)=C(C)N=C3CC(C)(C)CC(=O)C32)cc1. The maximum Gasteiger partial charge on any atom is 0.334 e. The molecule has 0 spiro atoms. The van der Waals surface area contributed by atoms with Crippen LogP contribution in [0.4, 0.5) is 0 Å². The smallest absolute Gasteiger partial charge is 0.334 e. The van der Waals surface area contributed by atoms with Crippen molar-refractivity contribution in [1.82, 2.24) is 0 Å². The molecule has 1 saturated carbocycles. The molecule has 1 aliphatic carbocycles. The molecule has 5 heteroatoms. The van der Waals surface area contributed by atoms with Crippen LogP contribution < -0.4 is 4.74 Å². The van der Waals surface area contributed by atoms with Gasteiger partial charge in [-0.1, -0.05) is 32.9 Å². The number of carbonyl (C=O) groups is 2. The maximum atomic E-state index is 13.0. The number of Topliss-reactive ketones (excluding diaryl/α,β-unsaturated/α-hetero) is 1. The molecule has 3 rings (SSSR count). The summed E-state index contributed by atoms with van der Waals surface area (Å²) in [5.41, 5.74) is 2.21. The average Bonchev–Trinajstić information content (AvgIpc) is 2.57. The van der Waals surface area contributed by atoms with E-state index in [0.29, 0.717) is 25.1 Å². The fraction of sp³-hybridized carbons (Fsp3) is 0.500. The Labute approximate surface area is 160 Å². The largest absolute Gasteiger partial charge is 0.494 e. The van der Waals surface area contributed by atoms with E-state index in [1.807, 2.05) is 31.2 Å². The van der Waals surface area contributed by atoms with E-state index < -0.39 is 17.8 Å². The minimum absolute atomic E-state index is 0.0764. The van der Waals surface area contributed by atoms with Gasteiger partial charge in [-0.2, -0.15) is 0 Å². The average molecular weight is 369 g/mol. The summed E-state index contributed by atoms with van der Waals surface area (Å²) in [5, 5.41) is 9.83. The van der Waals surface area contributed by atoms with Gasteiger partial charge in [-0.25, -0.2) is 4.79 Å². The van der Waals surface area contributed by atoms with E-state index in [1.165, 1.54) is 0 Å². The highest BCUT2D eigenvalue weighted by Crippen LogP contribution is 2.46. The lowest BCUT2D eigenvalue weighted by Crippen LogP contribution is -2.43. The molecule has 0 bridgehead atoms. The third-order valence-corrected chi connectivity index (χ3v) is 5.31. The van der Waals surface area contributed by atoms with Gasteiger partial charge in [0.25, 0.3) is 0 Å². The van der Waals surface area contributed by atoms with Crippen molar-refractivity contribution in [2.75, 3.05) is 6.61 Å². The highest BCUT2D eigenvalue weighted by atomic mass is 16.5. The van der Waals surface area contributed by atoms with E-state index in [0.717, 1.165) is 23.4 Å². The number of ketones is 1. The Balaban J connectivity index is 2.04. The molecule has 5 nitrogen and oxygen atoms in total. The van der Waals surface area contributed by atoms with Crippen LogP contribution in [0.15, 0.2) is 40.5 Å². The Kier molecular flexibility index (Phi) is 5.22. The Bertz CT molecular complexity index is 817. The number of rotatable bonds is 5. The standard InChI is InChI=1S/C22H27NO4/c1-5-10-27-15-8-6-14(7-9-15)19-18(21(25)26)13(2)23-16-11-22(3,4)12-17(24)20(16)19/h6-9,19-20H,5,10-12H2,1-4H3,(H,25,26). The monoisotopic (exact) mass is 369 g/mol. The summed E-state index contributed by atoms with van der Waals surface area (Å²) in [4.78, 5) is 29.5. The summed E-state index contributed by atoms with van der Waals surface area (Å²) in [5.74, 6) is -1.18. The van der Waals surface area contributed by atoms with Crippen LogP contribution in [0.1, 0.15) is 58.4 Å². The van der Waals surface area contributed by atoms with Gasteiger partial charge in [-0.15, -0.1) is 0 Å². The minimum Gasteiger partial charge on any atom is -0.494 e. The van der Waals surface area contributed by atoms with Crippen molar-refractivity contribution in [2.24, 2.45) is 16.3 Å². The first-order valence-electron chi connectivity index (χ1n) is 9.50. The summed E-state index contributed by atoms with van der Waals surface area (Å²) in [6, 6.07) is 7.45. The van der Waals surface area contributed by atoms with Gasteiger partial charge in [-0.05, 0) is 42.9 Å². The van der Waals surface area contributed by atoms with Gasteiger partial charge in [0.05, 0.1) is 18.1 Å². The Morgan fingerprint density at radius 1 is 1.22 bits per heavy atom. The molecule has 1 aromatic carbocycles. The second kappa shape index (κ2) is 7.29. The normalized spacial score (nSPS) is 24.3. The lowest BCUT2D eigenvalue weighted by atomic mass is 9.63. The summed E-state index contributed by atoms with van der Waals surface area (Å²) in [6.07, 6.45) is 2.07. The van der Waals surface area contributed by atoms with Crippen LogP contribution in [0.5, 0.6) is 5.75 Å². The molecule has 1 aromatic rings. The number of aliphatic carboxylic acids is 1. The van der Waals surface area contributed by atoms with E-state index in [4.69, 9.17) is 4.74 Å². The second-order valence-electron chi connectivity index (χ2n) is 8.26. The van der Waals surface area contributed by atoms with Crippen molar-refractivity contribution in [1.29, 1.82) is 0 Å². The van der Waals surface area contributed by atoms with Crippen LogP contribution in [0.25, 0.3) is 0 Å². The fourth-order valence-corrected chi connectivity index (χ4v) is 4.22. The number of allylic oxidation sites excluding steroid dienone is 1. The van der Waals surface area contributed by atoms with Crippen molar-refractivity contribution < 1.29 is 19.4 Å². The Hall–Kier alpha value is -2.43. The van der Waals surface area contributed by atoms with Gasteiger partial charge in [-0.3, -0.25) is 9.79 Å². The number of carboxylic acids is 1. The number of hydrogen-bond donors (Lipinski definition) is 1. The van der Waals surface area contributed by atoms with Crippen LogP contribution in [0.2, 0.25) is 0 Å². The third kappa shape index (κ3) is 3.82. The van der Waals surface area contributed by atoms with Crippen LogP contribution in [0.3, 0.4) is 0 Å². The first-order chi connectivity index (χ1) is 12.7. The Morgan fingerprint density at radius 2 is 1.89 bits per heavy atom. The first kappa shape index (κ1) is 19.3. The molecule has 2 aliphatic rings. The number of aliphatic imine (C=N–C) groups is 1. The summed E-state index contributed by atoms with van der Waals surface area (Å²) in [7, 11) is 0. The lowest BCUT2D eigenvalue weighted by Gasteiger charge is -2.40. The number of fused-ring (bicyclic) bond motifs is 1. The number of hydrogen-bond acceptors (Lipinski definition) is 4. The molecule has 27 heavy (non-hydrogen) atoms. The number of carbonyl (C=O) groups excluding carboxylic acids is 1. The molecule has 0 aromatic heterocycles. The molecular formula is C22H27NO4. The number of benzene rings is 1. The summed E-state index contributed by atoms with van der Waals surface area (Å²) < 4.78 is 5.63. The zero-order valence-corrected chi connectivity index (χ0v) is 16.4. The van der Waals surface area contributed by atoms with Gasteiger partial charge >= 0.3 is 5.97 Å². The zero-order valence-electron chi connectivity index (χ0n) is 16.4. The van der Waals surface area contributed by atoms with Gasteiger partial charge in [0.2, 0.25) is 0 Å². The van der Waals surface area contributed by atoms with Gasteiger partial charge in [0.15, 0.2) is 0 Å². The van der Waals surface area contributed by atoms with E-state index >= 15 is 0 Å². The molecule has 1 aliphatic heterocycles. The number of nitrogens with zero attached hydrogens (tertiary/aromatic N) is 1. The van der Waals surface area contributed by atoms with Crippen LogP contribution in [-0.2, 0) is 9.59 Å². The molecule has 144 valence electrons. The van der Waals surface area contributed by atoms with Crippen LogP contribution >= 0.6 is 0 Å². The summed E-state index contributed by atoms with van der Waals surface area (Å²) >= 11 is 0. The summed E-state index contributed by atoms with van der Waals surface area (Å²) in [6.45, 7) is 8.52. The lowest BCUT2D eigenvalue weighted by molar-refractivity contribution is -0.133. The quantitative estimate of drug-likeness (QED) is 0.836. The molecule has 0 saturated heterocycles. The minimum atomic E-state index is -1.01. The van der Waals surface area contributed by atoms with E-state index in [2.05, 4.69) is 18.8 Å². The number of carboxylic acid groups (broad SMARTS) is 1. The number of ether oxygens (including phenoxy) is 1. The Morgan fingerprint density at radius 3 is 2.48 bits per heavy atom. The van der Waals surface area contributed by atoms with Crippen molar-refractivity contribution in [3.63, 3.8) is 0 Å². The van der Waals surface area contributed by atoms with Gasteiger partial charge in [0, 0.05) is 23.7 Å². The van der Waals surface area contributed by atoms with Crippen molar-refractivity contribution in [3.8, 4) is 5.75 Å². The predicted octanol–water partition coefficient (Wildman–Crippen LogP) is 4.38. The van der Waals surface area contributed by atoms with Crippen LogP contribution in [-0.4, -0.2) is 29.2 Å². The molecular weight excluding hydrogens is 342 g/mol. The zero-order chi connectivity index (χ0) is 19.8. The molecule has 0 radical (unpaired) electrons. The third-order valence-electron chi connectivity index (χ3n) is 5.31. The van der Waals surface area contributed by atoms with Gasteiger partial charge in [0.1, 0.15) is 11.5 Å². The van der Waals surface area contributed by atoms with Crippen LogP contribution in [0, 0.1) is 11.3 Å². The molecule has 1 fully saturated rings. The van der Waals surface area contributed by atoms with E-state index in [9.17, 15) is 14.7 Å². The van der Waals surface area contributed by atoms with E-state index in [1.54, 1.807) is 6.92 Å². The van der Waals surface area contributed by atoms with Crippen molar-refractivity contribution >= 4 is 17.5 Å².